The third kappa shape index (κ3) is 3.14. The van der Waals surface area contributed by atoms with E-state index in [1.807, 2.05) is 0 Å². The fourth-order valence-corrected chi connectivity index (χ4v) is 5.34. The fourth-order valence-electron chi connectivity index (χ4n) is 4.10. The van der Waals surface area contributed by atoms with Crippen molar-refractivity contribution in [1.29, 1.82) is 0 Å². The highest BCUT2D eigenvalue weighted by molar-refractivity contribution is 7.99. The number of thioether (sulfide) groups is 1. The van der Waals surface area contributed by atoms with E-state index in [4.69, 9.17) is 4.74 Å². The van der Waals surface area contributed by atoms with Crippen molar-refractivity contribution < 1.29 is 9.84 Å². The van der Waals surface area contributed by atoms with Crippen LogP contribution in [-0.4, -0.2) is 34.4 Å². The molecule has 3 fully saturated rings. The van der Waals surface area contributed by atoms with Crippen LogP contribution < -0.4 is 0 Å². The summed E-state index contributed by atoms with van der Waals surface area (Å²) in [5.74, 6) is 3.70. The van der Waals surface area contributed by atoms with E-state index in [0.29, 0.717) is 5.92 Å². The van der Waals surface area contributed by atoms with E-state index in [9.17, 15) is 5.11 Å². The van der Waals surface area contributed by atoms with Gasteiger partial charge >= 0.3 is 0 Å². The van der Waals surface area contributed by atoms with Gasteiger partial charge in [-0.3, -0.25) is 0 Å². The Hall–Kier alpha value is 0.270. The summed E-state index contributed by atoms with van der Waals surface area (Å²) in [6, 6.07) is 0. The molecular weight excluding hydrogens is 256 g/mol. The lowest BCUT2D eigenvalue weighted by Crippen LogP contribution is -2.49. The second-order valence-electron chi connectivity index (χ2n) is 7.19. The van der Waals surface area contributed by atoms with Gasteiger partial charge in [0.05, 0.1) is 11.2 Å². The molecule has 3 heteroatoms. The van der Waals surface area contributed by atoms with Gasteiger partial charge in [-0.1, -0.05) is 19.3 Å². The third-order valence-corrected chi connectivity index (χ3v) is 6.69. The minimum atomic E-state index is -0.466. The van der Waals surface area contributed by atoms with Crippen LogP contribution in [-0.2, 0) is 4.74 Å². The zero-order valence-electron chi connectivity index (χ0n) is 12.2. The zero-order chi connectivity index (χ0) is 13.3. The molecule has 1 N–H and O–H groups in total. The quantitative estimate of drug-likeness (QED) is 0.858. The largest absolute Gasteiger partial charge is 0.390 e. The number of aliphatic hydroxyl groups is 1. The highest BCUT2D eigenvalue weighted by atomic mass is 32.2. The summed E-state index contributed by atoms with van der Waals surface area (Å²) in [6.07, 6.45) is 9.57. The van der Waals surface area contributed by atoms with Gasteiger partial charge in [0.15, 0.2) is 0 Å². The van der Waals surface area contributed by atoms with Crippen molar-refractivity contribution in [2.45, 2.75) is 69.5 Å². The van der Waals surface area contributed by atoms with Crippen molar-refractivity contribution in [2.24, 2.45) is 11.8 Å². The maximum atomic E-state index is 10.9. The normalized spacial score (nSPS) is 34.7. The summed E-state index contributed by atoms with van der Waals surface area (Å²) >= 11 is 2.05. The van der Waals surface area contributed by atoms with Gasteiger partial charge in [-0.2, -0.15) is 11.8 Å². The Morgan fingerprint density at radius 3 is 2.63 bits per heavy atom. The third-order valence-electron chi connectivity index (χ3n) is 5.70. The van der Waals surface area contributed by atoms with Crippen molar-refractivity contribution >= 4 is 11.8 Å². The smallest absolute Gasteiger partial charge is 0.0702 e. The Balaban J connectivity index is 1.62. The number of hydrogen-bond acceptors (Lipinski definition) is 3. The maximum absolute atomic E-state index is 10.9. The SMILES string of the molecule is CC(O)(CC1CCC1)C1CCOC2(CCSCC2)C1. The summed E-state index contributed by atoms with van der Waals surface area (Å²) < 4.78 is 6.15. The molecule has 2 nitrogen and oxygen atoms in total. The Morgan fingerprint density at radius 2 is 2.00 bits per heavy atom. The van der Waals surface area contributed by atoms with Gasteiger partial charge in [0.25, 0.3) is 0 Å². The molecule has 3 aliphatic rings. The van der Waals surface area contributed by atoms with Crippen molar-refractivity contribution in [3.05, 3.63) is 0 Å². The Bertz CT molecular complexity index is 300. The summed E-state index contributed by atoms with van der Waals surface area (Å²) in [4.78, 5) is 0. The monoisotopic (exact) mass is 284 g/mol. The lowest BCUT2D eigenvalue weighted by molar-refractivity contribution is -0.148. The number of rotatable bonds is 3. The molecule has 0 radical (unpaired) electrons. The predicted molar refractivity (Wildman–Crippen MR) is 80.5 cm³/mol. The number of ether oxygens (including phenoxy) is 1. The van der Waals surface area contributed by atoms with E-state index in [1.165, 1.54) is 43.6 Å². The van der Waals surface area contributed by atoms with Gasteiger partial charge in [-0.15, -0.1) is 0 Å². The first-order chi connectivity index (χ1) is 9.10. The molecule has 1 saturated carbocycles. The van der Waals surface area contributed by atoms with Crippen molar-refractivity contribution in [1.82, 2.24) is 0 Å². The van der Waals surface area contributed by atoms with Gasteiger partial charge < -0.3 is 9.84 Å². The molecular formula is C16H28O2S. The van der Waals surface area contributed by atoms with Crippen LogP contribution in [0.15, 0.2) is 0 Å². The standard InChI is InChI=1S/C16H28O2S/c1-15(17,11-13-3-2-4-13)14-5-8-18-16(12-14)6-9-19-10-7-16/h13-14,17H,2-12H2,1H3. The molecule has 2 aliphatic heterocycles. The van der Waals surface area contributed by atoms with Gasteiger partial charge in [-0.05, 0) is 62.4 Å². The van der Waals surface area contributed by atoms with E-state index in [0.717, 1.165) is 31.8 Å². The molecule has 2 heterocycles. The van der Waals surface area contributed by atoms with Crippen LogP contribution in [0, 0.1) is 11.8 Å². The van der Waals surface area contributed by atoms with Gasteiger partial charge in [0, 0.05) is 6.61 Å². The molecule has 1 aliphatic carbocycles. The summed E-state index contributed by atoms with van der Waals surface area (Å²) in [7, 11) is 0. The molecule has 2 unspecified atom stereocenters. The Morgan fingerprint density at radius 1 is 1.26 bits per heavy atom. The molecule has 3 rings (SSSR count). The molecule has 0 amide bonds. The average molecular weight is 284 g/mol. The van der Waals surface area contributed by atoms with E-state index in [1.54, 1.807) is 0 Å². The second-order valence-corrected chi connectivity index (χ2v) is 8.42. The van der Waals surface area contributed by atoms with Crippen molar-refractivity contribution in [3.8, 4) is 0 Å². The van der Waals surface area contributed by atoms with E-state index < -0.39 is 5.60 Å². The second kappa shape index (κ2) is 5.57. The fraction of sp³-hybridized carbons (Fsp3) is 1.00. The molecule has 0 aromatic rings. The molecule has 2 saturated heterocycles. The summed E-state index contributed by atoms with van der Waals surface area (Å²) in [5, 5.41) is 10.9. The molecule has 1 spiro atoms. The van der Waals surface area contributed by atoms with Crippen LogP contribution in [0.25, 0.3) is 0 Å². The lowest BCUT2D eigenvalue weighted by atomic mass is 9.68. The van der Waals surface area contributed by atoms with E-state index in [2.05, 4.69) is 18.7 Å². The van der Waals surface area contributed by atoms with Crippen molar-refractivity contribution in [2.75, 3.05) is 18.1 Å². The Labute approximate surface area is 121 Å². The molecule has 0 aromatic heterocycles. The zero-order valence-corrected chi connectivity index (χ0v) is 13.0. The molecule has 2 atom stereocenters. The van der Waals surface area contributed by atoms with Gasteiger partial charge in [0.1, 0.15) is 0 Å². The minimum Gasteiger partial charge on any atom is -0.390 e. The highest BCUT2D eigenvalue weighted by Gasteiger charge is 2.45. The first kappa shape index (κ1) is 14.2. The van der Waals surface area contributed by atoms with Gasteiger partial charge in [0.2, 0.25) is 0 Å². The summed E-state index contributed by atoms with van der Waals surface area (Å²) in [5.41, 5.74) is -0.357. The van der Waals surface area contributed by atoms with E-state index >= 15 is 0 Å². The predicted octanol–water partition coefficient (Wildman–Crippen LogP) is 3.62. The first-order valence-corrected chi connectivity index (χ1v) is 9.19. The highest BCUT2D eigenvalue weighted by Crippen LogP contribution is 2.46. The van der Waals surface area contributed by atoms with Crippen LogP contribution in [0.5, 0.6) is 0 Å². The first-order valence-electron chi connectivity index (χ1n) is 8.04. The summed E-state index contributed by atoms with van der Waals surface area (Å²) in [6.45, 7) is 2.95. The van der Waals surface area contributed by atoms with E-state index in [-0.39, 0.29) is 5.60 Å². The van der Waals surface area contributed by atoms with Crippen LogP contribution >= 0.6 is 11.8 Å². The molecule has 110 valence electrons. The molecule has 0 bridgehead atoms. The minimum absolute atomic E-state index is 0.109. The average Bonchev–Trinajstić information content (AvgIpc) is 2.35. The lowest BCUT2D eigenvalue weighted by Gasteiger charge is -2.48. The topological polar surface area (TPSA) is 29.5 Å². The maximum Gasteiger partial charge on any atom is 0.0702 e. The molecule has 0 aromatic carbocycles. The molecule has 19 heavy (non-hydrogen) atoms. The van der Waals surface area contributed by atoms with Gasteiger partial charge in [-0.25, -0.2) is 0 Å². The van der Waals surface area contributed by atoms with Crippen LogP contribution in [0.2, 0.25) is 0 Å². The Kier molecular flexibility index (Phi) is 4.17. The number of hydrogen-bond donors (Lipinski definition) is 1. The van der Waals surface area contributed by atoms with Crippen LogP contribution in [0.4, 0.5) is 0 Å². The van der Waals surface area contributed by atoms with Crippen LogP contribution in [0.1, 0.15) is 58.3 Å². The van der Waals surface area contributed by atoms with Crippen molar-refractivity contribution in [3.63, 3.8) is 0 Å². The van der Waals surface area contributed by atoms with Crippen LogP contribution in [0.3, 0.4) is 0 Å².